The van der Waals surface area contributed by atoms with Crippen LogP contribution >= 0.6 is 11.6 Å². The van der Waals surface area contributed by atoms with Gasteiger partial charge in [-0.2, -0.15) is 0 Å². The summed E-state index contributed by atoms with van der Waals surface area (Å²) in [7, 11) is 0. The molecule has 1 rings (SSSR count). The highest BCUT2D eigenvalue weighted by Gasteiger charge is 2.02. The minimum Gasteiger partial charge on any atom is -0.492 e. The molecule has 0 bridgehead atoms. The second kappa shape index (κ2) is 7.57. The Labute approximate surface area is 110 Å². The fourth-order valence-electron chi connectivity index (χ4n) is 1.64. The van der Waals surface area contributed by atoms with Gasteiger partial charge in [0.25, 0.3) is 0 Å². The van der Waals surface area contributed by atoms with Crippen molar-refractivity contribution < 1.29 is 4.74 Å². The first-order valence-corrected chi connectivity index (χ1v) is 6.69. The quantitative estimate of drug-likeness (QED) is 0.694. The lowest BCUT2D eigenvalue weighted by Crippen LogP contribution is -2.30. The van der Waals surface area contributed by atoms with Crippen LogP contribution in [0.3, 0.4) is 0 Å². The van der Waals surface area contributed by atoms with Crippen LogP contribution in [0.15, 0.2) is 18.2 Å². The number of benzene rings is 1. The van der Waals surface area contributed by atoms with Crippen molar-refractivity contribution >= 4 is 11.6 Å². The minimum atomic E-state index is 0.678. The summed E-state index contributed by atoms with van der Waals surface area (Å²) in [6.07, 6.45) is 0. The predicted molar refractivity (Wildman–Crippen MR) is 74.2 cm³/mol. The summed E-state index contributed by atoms with van der Waals surface area (Å²) in [4.78, 5) is 2.29. The van der Waals surface area contributed by atoms with Crippen LogP contribution in [0.4, 0.5) is 0 Å². The van der Waals surface area contributed by atoms with Gasteiger partial charge in [-0.15, -0.1) is 11.6 Å². The molecule has 0 fully saturated rings. The van der Waals surface area contributed by atoms with E-state index in [4.69, 9.17) is 16.3 Å². The van der Waals surface area contributed by atoms with E-state index < -0.39 is 0 Å². The Bertz CT molecular complexity index is 341. The molecule has 0 aliphatic carbocycles. The fourth-order valence-corrected chi connectivity index (χ4v) is 1.88. The van der Waals surface area contributed by atoms with Gasteiger partial charge in [0.1, 0.15) is 12.4 Å². The van der Waals surface area contributed by atoms with Gasteiger partial charge in [0.05, 0.1) is 0 Å². The lowest BCUT2D eigenvalue weighted by Gasteiger charge is -2.19. The maximum Gasteiger partial charge on any atom is 0.119 e. The van der Waals surface area contributed by atoms with Gasteiger partial charge in [-0.3, -0.25) is 4.90 Å². The number of rotatable bonds is 7. The average molecular weight is 256 g/mol. The summed E-state index contributed by atoms with van der Waals surface area (Å²) in [5, 5.41) is 0. The molecule has 1 aromatic rings. The molecule has 17 heavy (non-hydrogen) atoms. The Hall–Kier alpha value is -0.730. The predicted octanol–water partition coefficient (Wildman–Crippen LogP) is 3.24. The molecule has 0 spiro atoms. The summed E-state index contributed by atoms with van der Waals surface area (Å²) >= 11 is 5.73. The molecule has 0 saturated carbocycles. The maximum absolute atomic E-state index is 5.74. The Morgan fingerprint density at radius 3 is 2.53 bits per heavy atom. The van der Waals surface area contributed by atoms with Gasteiger partial charge >= 0.3 is 0 Å². The zero-order valence-corrected chi connectivity index (χ0v) is 11.8. The SMILES string of the molecule is CCN(CCCl)CCOc1ccc(C)c(C)c1. The molecule has 0 amide bonds. The summed E-state index contributed by atoms with van der Waals surface area (Å²) in [5.74, 6) is 1.63. The number of ether oxygens (including phenoxy) is 1. The second-order valence-corrected chi connectivity index (χ2v) is 4.60. The van der Waals surface area contributed by atoms with Crippen molar-refractivity contribution in [1.29, 1.82) is 0 Å². The largest absolute Gasteiger partial charge is 0.492 e. The molecule has 0 saturated heterocycles. The zero-order valence-electron chi connectivity index (χ0n) is 11.0. The van der Waals surface area contributed by atoms with E-state index in [1.807, 2.05) is 6.07 Å². The van der Waals surface area contributed by atoms with Gasteiger partial charge < -0.3 is 4.74 Å². The van der Waals surface area contributed by atoms with Gasteiger partial charge in [-0.1, -0.05) is 13.0 Å². The van der Waals surface area contributed by atoms with E-state index in [2.05, 4.69) is 37.8 Å². The molecule has 3 heteroatoms. The Morgan fingerprint density at radius 1 is 1.18 bits per heavy atom. The van der Waals surface area contributed by atoms with Crippen LogP contribution < -0.4 is 4.74 Å². The molecule has 0 N–H and O–H groups in total. The first-order chi connectivity index (χ1) is 8.17. The lowest BCUT2D eigenvalue weighted by atomic mass is 10.1. The van der Waals surface area contributed by atoms with Crippen LogP contribution in [0.25, 0.3) is 0 Å². The van der Waals surface area contributed by atoms with E-state index in [1.54, 1.807) is 0 Å². The fraction of sp³-hybridized carbons (Fsp3) is 0.571. The van der Waals surface area contributed by atoms with Crippen molar-refractivity contribution in [3.63, 3.8) is 0 Å². The van der Waals surface area contributed by atoms with E-state index in [1.165, 1.54) is 11.1 Å². The number of nitrogens with zero attached hydrogens (tertiary/aromatic N) is 1. The Balaban J connectivity index is 2.37. The van der Waals surface area contributed by atoms with Gasteiger partial charge in [0.2, 0.25) is 0 Å². The van der Waals surface area contributed by atoms with E-state index in [0.29, 0.717) is 12.5 Å². The van der Waals surface area contributed by atoms with Crippen LogP contribution in [0.2, 0.25) is 0 Å². The third kappa shape index (κ3) is 4.97. The number of halogens is 1. The standard InChI is InChI=1S/C14H22ClNO/c1-4-16(8-7-15)9-10-17-14-6-5-12(2)13(3)11-14/h5-6,11H,4,7-10H2,1-3H3. The molecule has 0 aliphatic heterocycles. The summed E-state index contributed by atoms with van der Waals surface area (Å²) < 4.78 is 5.74. The van der Waals surface area contributed by atoms with Crippen LogP contribution in [-0.4, -0.2) is 37.0 Å². The van der Waals surface area contributed by atoms with Gasteiger partial charge in [0, 0.05) is 19.0 Å². The average Bonchev–Trinajstić information content (AvgIpc) is 2.32. The first kappa shape index (κ1) is 14.3. The van der Waals surface area contributed by atoms with Crippen molar-refractivity contribution in [3.8, 4) is 5.75 Å². The number of aryl methyl sites for hydroxylation is 2. The maximum atomic E-state index is 5.74. The molecule has 96 valence electrons. The molecule has 0 heterocycles. The van der Waals surface area contributed by atoms with Crippen molar-refractivity contribution in [2.24, 2.45) is 0 Å². The smallest absolute Gasteiger partial charge is 0.119 e. The Morgan fingerprint density at radius 2 is 1.94 bits per heavy atom. The molecule has 0 radical (unpaired) electrons. The van der Waals surface area contributed by atoms with Crippen LogP contribution in [0.5, 0.6) is 5.75 Å². The van der Waals surface area contributed by atoms with Crippen molar-refractivity contribution in [1.82, 2.24) is 4.90 Å². The van der Waals surface area contributed by atoms with Crippen LogP contribution in [0.1, 0.15) is 18.1 Å². The molecule has 0 aliphatic rings. The molecule has 0 unspecified atom stereocenters. The number of hydrogen-bond donors (Lipinski definition) is 0. The lowest BCUT2D eigenvalue weighted by molar-refractivity contribution is 0.223. The third-order valence-corrected chi connectivity index (χ3v) is 3.17. The normalized spacial score (nSPS) is 10.9. The van der Waals surface area contributed by atoms with Gasteiger partial charge in [0.15, 0.2) is 0 Å². The highest BCUT2D eigenvalue weighted by molar-refractivity contribution is 6.18. The molecule has 2 nitrogen and oxygen atoms in total. The van der Waals surface area contributed by atoms with Crippen LogP contribution in [-0.2, 0) is 0 Å². The topological polar surface area (TPSA) is 12.5 Å². The second-order valence-electron chi connectivity index (χ2n) is 4.22. The van der Waals surface area contributed by atoms with E-state index in [-0.39, 0.29) is 0 Å². The monoisotopic (exact) mass is 255 g/mol. The van der Waals surface area contributed by atoms with Crippen molar-refractivity contribution in [2.75, 3.05) is 32.1 Å². The number of alkyl halides is 1. The Kier molecular flexibility index (Phi) is 6.38. The zero-order chi connectivity index (χ0) is 12.7. The minimum absolute atomic E-state index is 0.678. The van der Waals surface area contributed by atoms with Gasteiger partial charge in [-0.05, 0) is 43.7 Å². The third-order valence-electron chi connectivity index (χ3n) is 3.00. The summed E-state index contributed by atoms with van der Waals surface area (Å²) in [6.45, 7) is 9.94. The number of likely N-dealkylation sites (N-methyl/N-ethyl adjacent to an activating group) is 1. The number of hydrogen-bond acceptors (Lipinski definition) is 2. The highest BCUT2D eigenvalue weighted by Crippen LogP contribution is 2.16. The molecule has 1 aromatic carbocycles. The highest BCUT2D eigenvalue weighted by atomic mass is 35.5. The van der Waals surface area contributed by atoms with E-state index >= 15 is 0 Å². The molecule has 0 atom stereocenters. The first-order valence-electron chi connectivity index (χ1n) is 6.15. The van der Waals surface area contributed by atoms with Gasteiger partial charge in [-0.25, -0.2) is 0 Å². The van der Waals surface area contributed by atoms with E-state index in [9.17, 15) is 0 Å². The molecular formula is C14H22ClNO. The summed E-state index contributed by atoms with van der Waals surface area (Å²) in [6, 6.07) is 6.22. The molecule has 0 aromatic heterocycles. The van der Waals surface area contributed by atoms with Crippen molar-refractivity contribution in [3.05, 3.63) is 29.3 Å². The van der Waals surface area contributed by atoms with Crippen LogP contribution in [0, 0.1) is 13.8 Å². The van der Waals surface area contributed by atoms with E-state index in [0.717, 1.165) is 25.4 Å². The van der Waals surface area contributed by atoms with Crippen molar-refractivity contribution in [2.45, 2.75) is 20.8 Å². The summed E-state index contributed by atoms with van der Waals surface area (Å²) in [5.41, 5.74) is 2.57. The molecular weight excluding hydrogens is 234 g/mol.